The molecule has 2 rings (SSSR count). The summed E-state index contributed by atoms with van der Waals surface area (Å²) >= 11 is 3.35. The van der Waals surface area contributed by atoms with E-state index in [2.05, 4.69) is 31.2 Å². The maximum atomic E-state index is 5.56. The van der Waals surface area contributed by atoms with Crippen LogP contribution in [0, 0.1) is 0 Å². The largest absolute Gasteiger partial charge is 0.497 e. The minimum atomic E-state index is 0.193. The van der Waals surface area contributed by atoms with Crippen LogP contribution in [0.2, 0.25) is 0 Å². The van der Waals surface area contributed by atoms with E-state index >= 15 is 0 Å². The molecule has 0 spiro atoms. The SMILES string of the molecule is COc1ccc(Nc2nc(N)ncc2Br)c(OC)c1. The van der Waals surface area contributed by atoms with E-state index in [1.165, 1.54) is 0 Å². The van der Waals surface area contributed by atoms with Gasteiger partial charge in [0.2, 0.25) is 5.95 Å². The van der Waals surface area contributed by atoms with Gasteiger partial charge in [-0.1, -0.05) is 0 Å². The van der Waals surface area contributed by atoms with Gasteiger partial charge in [-0.15, -0.1) is 0 Å². The van der Waals surface area contributed by atoms with Crippen molar-refractivity contribution in [3.05, 3.63) is 28.9 Å². The maximum Gasteiger partial charge on any atom is 0.222 e. The zero-order valence-electron chi connectivity index (χ0n) is 10.5. The second-order valence-corrected chi connectivity index (χ2v) is 4.47. The van der Waals surface area contributed by atoms with Crippen LogP contribution in [0.5, 0.6) is 11.5 Å². The predicted octanol–water partition coefficient (Wildman–Crippen LogP) is 2.58. The van der Waals surface area contributed by atoms with Gasteiger partial charge in [-0.25, -0.2) is 4.98 Å². The second kappa shape index (κ2) is 5.75. The van der Waals surface area contributed by atoms with Crippen LogP contribution in [-0.4, -0.2) is 24.2 Å². The van der Waals surface area contributed by atoms with Gasteiger partial charge in [-0.2, -0.15) is 4.98 Å². The van der Waals surface area contributed by atoms with Crippen molar-refractivity contribution >= 4 is 33.4 Å². The molecular formula is C12H13BrN4O2. The molecule has 1 heterocycles. The van der Waals surface area contributed by atoms with E-state index in [1.54, 1.807) is 26.5 Å². The van der Waals surface area contributed by atoms with Gasteiger partial charge < -0.3 is 20.5 Å². The lowest BCUT2D eigenvalue weighted by atomic mass is 10.2. The van der Waals surface area contributed by atoms with Gasteiger partial charge in [0.1, 0.15) is 17.3 Å². The Morgan fingerprint density at radius 3 is 2.74 bits per heavy atom. The first kappa shape index (κ1) is 13.4. The zero-order valence-corrected chi connectivity index (χ0v) is 12.1. The molecule has 3 N–H and O–H groups in total. The quantitative estimate of drug-likeness (QED) is 0.899. The first-order chi connectivity index (χ1) is 9.13. The molecule has 1 aromatic heterocycles. The molecular weight excluding hydrogens is 312 g/mol. The van der Waals surface area contributed by atoms with E-state index in [-0.39, 0.29) is 5.95 Å². The Balaban J connectivity index is 2.35. The van der Waals surface area contributed by atoms with Crippen LogP contribution in [0.25, 0.3) is 0 Å². The van der Waals surface area contributed by atoms with E-state index < -0.39 is 0 Å². The molecule has 0 saturated heterocycles. The highest BCUT2D eigenvalue weighted by molar-refractivity contribution is 9.10. The summed E-state index contributed by atoms with van der Waals surface area (Å²) in [6.07, 6.45) is 1.58. The number of ether oxygens (including phenoxy) is 2. The fourth-order valence-electron chi connectivity index (χ4n) is 1.50. The predicted molar refractivity (Wildman–Crippen MR) is 77.0 cm³/mol. The summed E-state index contributed by atoms with van der Waals surface area (Å²) in [5.74, 6) is 2.11. The number of anilines is 3. The van der Waals surface area contributed by atoms with E-state index in [0.29, 0.717) is 21.8 Å². The molecule has 0 aliphatic carbocycles. The molecule has 0 radical (unpaired) electrons. The van der Waals surface area contributed by atoms with Crippen molar-refractivity contribution in [2.45, 2.75) is 0 Å². The molecule has 100 valence electrons. The molecule has 0 fully saturated rings. The number of hydrogen-bond acceptors (Lipinski definition) is 6. The minimum Gasteiger partial charge on any atom is -0.497 e. The Hall–Kier alpha value is -2.02. The fraction of sp³-hybridized carbons (Fsp3) is 0.167. The van der Waals surface area contributed by atoms with Gasteiger partial charge in [-0.3, -0.25) is 0 Å². The number of hydrogen-bond donors (Lipinski definition) is 2. The Bertz CT molecular complexity index is 592. The molecule has 6 nitrogen and oxygen atoms in total. The minimum absolute atomic E-state index is 0.193. The molecule has 0 amide bonds. The number of rotatable bonds is 4. The Labute approximate surface area is 119 Å². The van der Waals surface area contributed by atoms with Gasteiger partial charge in [0, 0.05) is 12.3 Å². The number of nitrogen functional groups attached to an aromatic ring is 1. The summed E-state index contributed by atoms with van der Waals surface area (Å²) < 4.78 is 11.1. The van der Waals surface area contributed by atoms with Crippen LogP contribution >= 0.6 is 15.9 Å². The van der Waals surface area contributed by atoms with Gasteiger partial charge in [0.25, 0.3) is 0 Å². The van der Waals surface area contributed by atoms with E-state index in [4.69, 9.17) is 15.2 Å². The lowest BCUT2D eigenvalue weighted by Crippen LogP contribution is -2.02. The van der Waals surface area contributed by atoms with Crippen molar-refractivity contribution in [3.8, 4) is 11.5 Å². The average molecular weight is 325 g/mol. The smallest absolute Gasteiger partial charge is 0.222 e. The van der Waals surface area contributed by atoms with Gasteiger partial charge in [0.05, 0.1) is 24.4 Å². The third-order valence-electron chi connectivity index (χ3n) is 2.42. The monoisotopic (exact) mass is 324 g/mol. The normalized spacial score (nSPS) is 10.1. The van der Waals surface area contributed by atoms with Crippen molar-refractivity contribution < 1.29 is 9.47 Å². The molecule has 0 unspecified atom stereocenters. The number of benzene rings is 1. The lowest BCUT2D eigenvalue weighted by Gasteiger charge is -2.12. The molecule has 1 aromatic carbocycles. The van der Waals surface area contributed by atoms with Crippen molar-refractivity contribution in [1.82, 2.24) is 9.97 Å². The molecule has 0 saturated carbocycles. The molecule has 2 aromatic rings. The third-order valence-corrected chi connectivity index (χ3v) is 3.00. The number of methoxy groups -OCH3 is 2. The average Bonchev–Trinajstić information content (AvgIpc) is 2.43. The summed E-state index contributed by atoms with van der Waals surface area (Å²) in [6, 6.07) is 5.44. The lowest BCUT2D eigenvalue weighted by molar-refractivity contribution is 0.395. The molecule has 19 heavy (non-hydrogen) atoms. The van der Waals surface area contributed by atoms with Crippen molar-refractivity contribution in [3.63, 3.8) is 0 Å². The topological polar surface area (TPSA) is 82.3 Å². The van der Waals surface area contributed by atoms with Crippen LogP contribution in [0.4, 0.5) is 17.5 Å². The van der Waals surface area contributed by atoms with Crippen LogP contribution in [0.3, 0.4) is 0 Å². The standard InChI is InChI=1S/C12H13BrN4O2/c1-18-7-3-4-9(10(5-7)19-2)16-11-8(13)6-15-12(14)17-11/h3-6H,1-2H3,(H3,14,15,16,17). The number of halogens is 1. The van der Waals surface area contributed by atoms with Gasteiger partial charge in [0.15, 0.2) is 0 Å². The van der Waals surface area contributed by atoms with Crippen molar-refractivity contribution in [2.75, 3.05) is 25.3 Å². The van der Waals surface area contributed by atoms with Crippen LogP contribution < -0.4 is 20.5 Å². The summed E-state index contributed by atoms with van der Waals surface area (Å²) in [5.41, 5.74) is 6.31. The number of nitrogens with one attached hydrogen (secondary N) is 1. The first-order valence-electron chi connectivity index (χ1n) is 5.41. The molecule has 0 bridgehead atoms. The van der Waals surface area contributed by atoms with E-state index in [1.807, 2.05) is 12.1 Å². The highest BCUT2D eigenvalue weighted by Crippen LogP contribution is 2.32. The molecule has 0 aliphatic heterocycles. The Morgan fingerprint density at radius 2 is 2.05 bits per heavy atom. The molecule has 0 atom stereocenters. The number of nitrogens with two attached hydrogens (primary N) is 1. The maximum absolute atomic E-state index is 5.56. The molecule has 7 heteroatoms. The second-order valence-electron chi connectivity index (χ2n) is 3.62. The van der Waals surface area contributed by atoms with E-state index in [9.17, 15) is 0 Å². The third kappa shape index (κ3) is 3.05. The Morgan fingerprint density at radius 1 is 1.26 bits per heavy atom. The summed E-state index contributed by atoms with van der Waals surface area (Å²) in [7, 11) is 3.19. The highest BCUT2D eigenvalue weighted by atomic mass is 79.9. The van der Waals surface area contributed by atoms with Crippen molar-refractivity contribution in [1.29, 1.82) is 0 Å². The van der Waals surface area contributed by atoms with Crippen LogP contribution in [0.1, 0.15) is 0 Å². The Kier molecular flexibility index (Phi) is 4.06. The summed E-state index contributed by atoms with van der Waals surface area (Å²) in [5, 5.41) is 3.13. The number of nitrogens with zero attached hydrogens (tertiary/aromatic N) is 2. The first-order valence-corrected chi connectivity index (χ1v) is 6.20. The van der Waals surface area contributed by atoms with Gasteiger partial charge in [-0.05, 0) is 28.1 Å². The summed E-state index contributed by atoms with van der Waals surface area (Å²) in [6.45, 7) is 0. The van der Waals surface area contributed by atoms with E-state index in [0.717, 1.165) is 5.69 Å². The highest BCUT2D eigenvalue weighted by Gasteiger charge is 2.09. The summed E-state index contributed by atoms with van der Waals surface area (Å²) in [4.78, 5) is 7.99. The van der Waals surface area contributed by atoms with Crippen LogP contribution in [0.15, 0.2) is 28.9 Å². The van der Waals surface area contributed by atoms with Crippen LogP contribution in [-0.2, 0) is 0 Å². The number of aromatic nitrogens is 2. The zero-order chi connectivity index (χ0) is 13.8. The van der Waals surface area contributed by atoms with Crippen molar-refractivity contribution in [2.24, 2.45) is 0 Å². The molecule has 0 aliphatic rings. The van der Waals surface area contributed by atoms with Gasteiger partial charge >= 0.3 is 0 Å². The fourth-order valence-corrected chi connectivity index (χ4v) is 1.79.